The zero-order chi connectivity index (χ0) is 13.1. The first-order chi connectivity index (χ1) is 8.61. The summed E-state index contributed by atoms with van der Waals surface area (Å²) in [5.41, 5.74) is 2.47. The van der Waals surface area contributed by atoms with Gasteiger partial charge in [-0.1, -0.05) is 34.1 Å². The molecule has 1 heterocycles. The van der Waals surface area contributed by atoms with Gasteiger partial charge in [-0.2, -0.15) is 0 Å². The Morgan fingerprint density at radius 3 is 2.61 bits per heavy atom. The summed E-state index contributed by atoms with van der Waals surface area (Å²) in [7, 11) is 1.71. The van der Waals surface area contributed by atoms with E-state index in [0.717, 1.165) is 19.7 Å². The lowest BCUT2D eigenvalue weighted by Gasteiger charge is -2.12. The van der Waals surface area contributed by atoms with Gasteiger partial charge in [0.05, 0.1) is 14.7 Å². The van der Waals surface area contributed by atoms with Crippen molar-refractivity contribution in [2.75, 3.05) is 7.11 Å². The van der Waals surface area contributed by atoms with Crippen molar-refractivity contribution >= 4 is 59.1 Å². The molecule has 1 atom stereocenters. The number of alkyl halides is 1. The average molecular weight is 455 g/mol. The van der Waals surface area contributed by atoms with Crippen molar-refractivity contribution in [2.24, 2.45) is 0 Å². The van der Waals surface area contributed by atoms with E-state index in [2.05, 4.69) is 59.9 Å². The Labute approximate surface area is 136 Å². The van der Waals surface area contributed by atoms with Gasteiger partial charge >= 0.3 is 0 Å². The Balaban J connectivity index is 2.21. The molecule has 0 N–H and O–H groups in total. The third-order valence-electron chi connectivity index (χ3n) is 2.61. The molecular formula is C13H11Br3OS. The maximum absolute atomic E-state index is 5.38. The van der Waals surface area contributed by atoms with E-state index < -0.39 is 0 Å². The van der Waals surface area contributed by atoms with Crippen molar-refractivity contribution in [2.45, 2.75) is 11.2 Å². The highest BCUT2D eigenvalue weighted by atomic mass is 79.9. The van der Waals surface area contributed by atoms with Crippen molar-refractivity contribution in [3.63, 3.8) is 0 Å². The van der Waals surface area contributed by atoms with Crippen LogP contribution in [0.2, 0.25) is 0 Å². The quantitative estimate of drug-likeness (QED) is 0.518. The second-order valence-corrected chi connectivity index (χ2v) is 8.62. The van der Waals surface area contributed by atoms with Crippen LogP contribution in [-0.2, 0) is 6.42 Å². The highest BCUT2D eigenvalue weighted by Crippen LogP contribution is 2.40. The van der Waals surface area contributed by atoms with Gasteiger partial charge in [-0.25, -0.2) is 0 Å². The first-order valence-electron chi connectivity index (χ1n) is 5.32. The molecule has 0 saturated heterocycles. The fraction of sp³-hybridized carbons (Fsp3) is 0.231. The number of ether oxygens (including phenoxy) is 1. The molecule has 0 fully saturated rings. The first kappa shape index (κ1) is 14.6. The molecule has 0 amide bonds. The summed E-state index contributed by atoms with van der Waals surface area (Å²) >= 11 is 12.5. The third-order valence-corrected chi connectivity index (χ3v) is 5.81. The van der Waals surface area contributed by atoms with Gasteiger partial charge in [0, 0.05) is 4.83 Å². The number of para-hydroxylation sites is 1. The van der Waals surface area contributed by atoms with Crippen LogP contribution >= 0.6 is 59.1 Å². The molecular weight excluding hydrogens is 444 g/mol. The van der Waals surface area contributed by atoms with Crippen LogP contribution in [0.5, 0.6) is 5.75 Å². The summed E-state index contributed by atoms with van der Waals surface area (Å²) in [5.74, 6) is 0.937. The number of thiophene rings is 1. The minimum Gasteiger partial charge on any atom is -0.496 e. The summed E-state index contributed by atoms with van der Waals surface area (Å²) in [5, 5.41) is 0. The van der Waals surface area contributed by atoms with E-state index in [1.807, 2.05) is 18.2 Å². The number of hydrogen-bond donors (Lipinski definition) is 0. The lowest BCUT2D eigenvalue weighted by Crippen LogP contribution is -1.97. The van der Waals surface area contributed by atoms with Gasteiger partial charge in [0.25, 0.3) is 0 Å². The van der Waals surface area contributed by atoms with Crippen molar-refractivity contribution in [3.8, 4) is 5.75 Å². The smallest absolute Gasteiger partial charge is 0.122 e. The van der Waals surface area contributed by atoms with Crippen LogP contribution in [-0.4, -0.2) is 7.11 Å². The van der Waals surface area contributed by atoms with Crippen LogP contribution in [0.1, 0.15) is 16.0 Å². The maximum atomic E-state index is 5.38. The average Bonchev–Trinajstić information content (AvgIpc) is 2.69. The minimum atomic E-state index is 0.269. The molecule has 5 heteroatoms. The molecule has 96 valence electrons. The van der Waals surface area contributed by atoms with Gasteiger partial charge in [0.15, 0.2) is 0 Å². The SMILES string of the molecule is COc1ccccc1CC(Br)c1cc(Br)sc1Br. The van der Waals surface area contributed by atoms with Gasteiger partial charge in [-0.05, 0) is 61.5 Å². The number of benzene rings is 1. The van der Waals surface area contributed by atoms with Crippen LogP contribution in [0.15, 0.2) is 37.9 Å². The van der Waals surface area contributed by atoms with E-state index >= 15 is 0 Å². The molecule has 0 bridgehead atoms. The van der Waals surface area contributed by atoms with Crippen molar-refractivity contribution in [1.29, 1.82) is 0 Å². The Morgan fingerprint density at radius 1 is 1.28 bits per heavy atom. The zero-order valence-corrected chi connectivity index (χ0v) is 15.2. The molecule has 1 nitrogen and oxygen atoms in total. The molecule has 2 aromatic rings. The highest BCUT2D eigenvalue weighted by molar-refractivity contribution is 9.12. The monoisotopic (exact) mass is 452 g/mol. The lowest BCUT2D eigenvalue weighted by atomic mass is 10.1. The van der Waals surface area contributed by atoms with Crippen molar-refractivity contribution in [1.82, 2.24) is 0 Å². The Hall–Kier alpha value is 0.160. The van der Waals surface area contributed by atoms with E-state index in [9.17, 15) is 0 Å². The summed E-state index contributed by atoms with van der Waals surface area (Å²) < 4.78 is 7.67. The van der Waals surface area contributed by atoms with Crippen LogP contribution < -0.4 is 4.74 Å². The van der Waals surface area contributed by atoms with Crippen LogP contribution in [0.25, 0.3) is 0 Å². The molecule has 0 radical (unpaired) electrons. The number of methoxy groups -OCH3 is 1. The molecule has 0 saturated carbocycles. The van der Waals surface area contributed by atoms with E-state index in [1.54, 1.807) is 18.4 Å². The predicted octanol–water partition coefficient (Wildman–Crippen LogP) is 5.96. The molecule has 0 aliphatic heterocycles. The number of hydrogen-bond acceptors (Lipinski definition) is 2. The zero-order valence-electron chi connectivity index (χ0n) is 9.62. The molecule has 2 rings (SSSR count). The number of halogens is 3. The fourth-order valence-corrected chi connectivity index (χ4v) is 5.88. The molecule has 0 aliphatic rings. The second kappa shape index (κ2) is 6.55. The fourth-order valence-electron chi connectivity index (χ4n) is 1.74. The Kier molecular flexibility index (Phi) is 5.30. The molecule has 1 aromatic carbocycles. The van der Waals surface area contributed by atoms with E-state index in [1.165, 1.54) is 11.1 Å². The summed E-state index contributed by atoms with van der Waals surface area (Å²) in [6.07, 6.45) is 0.895. The van der Waals surface area contributed by atoms with Crippen LogP contribution in [0.4, 0.5) is 0 Å². The molecule has 18 heavy (non-hydrogen) atoms. The number of rotatable bonds is 4. The van der Waals surface area contributed by atoms with Crippen LogP contribution in [0, 0.1) is 0 Å². The second-order valence-electron chi connectivity index (χ2n) is 3.76. The molecule has 0 aliphatic carbocycles. The minimum absolute atomic E-state index is 0.269. The Bertz CT molecular complexity index is 539. The summed E-state index contributed by atoms with van der Waals surface area (Å²) in [4.78, 5) is 0.269. The predicted molar refractivity (Wildman–Crippen MR) is 88.1 cm³/mol. The molecule has 0 spiro atoms. The van der Waals surface area contributed by atoms with Gasteiger partial charge in [-0.3, -0.25) is 0 Å². The van der Waals surface area contributed by atoms with Crippen molar-refractivity contribution in [3.05, 3.63) is 49.0 Å². The molecule has 1 unspecified atom stereocenters. The van der Waals surface area contributed by atoms with Gasteiger partial charge < -0.3 is 4.74 Å². The first-order valence-corrected chi connectivity index (χ1v) is 8.64. The molecule has 1 aromatic heterocycles. The van der Waals surface area contributed by atoms with Gasteiger partial charge in [-0.15, -0.1) is 11.3 Å². The van der Waals surface area contributed by atoms with E-state index in [0.29, 0.717) is 0 Å². The third kappa shape index (κ3) is 3.38. The van der Waals surface area contributed by atoms with Crippen molar-refractivity contribution < 1.29 is 4.74 Å². The summed E-state index contributed by atoms with van der Waals surface area (Å²) in [6.45, 7) is 0. The summed E-state index contributed by atoms with van der Waals surface area (Å²) in [6, 6.07) is 10.3. The maximum Gasteiger partial charge on any atom is 0.122 e. The topological polar surface area (TPSA) is 9.23 Å². The van der Waals surface area contributed by atoms with E-state index in [-0.39, 0.29) is 4.83 Å². The van der Waals surface area contributed by atoms with E-state index in [4.69, 9.17) is 4.74 Å². The van der Waals surface area contributed by atoms with Gasteiger partial charge in [0.2, 0.25) is 0 Å². The highest BCUT2D eigenvalue weighted by Gasteiger charge is 2.16. The van der Waals surface area contributed by atoms with Gasteiger partial charge in [0.1, 0.15) is 5.75 Å². The Morgan fingerprint density at radius 2 is 2.00 bits per heavy atom. The largest absolute Gasteiger partial charge is 0.496 e. The lowest BCUT2D eigenvalue weighted by molar-refractivity contribution is 0.409. The van der Waals surface area contributed by atoms with Crippen LogP contribution in [0.3, 0.4) is 0 Å². The normalized spacial score (nSPS) is 12.4. The standard InChI is InChI=1S/C13H11Br3OS/c1-17-11-5-3-2-4-8(11)6-10(14)9-7-12(15)18-13(9)16/h2-5,7,10H,6H2,1H3.